The standard InChI is InChI=1S/C28H42N6O5S.C2HF3O2/c1-20-16-24(38-4)17-21(2)26(20)40(36,37)31(3)19-25-29-30-27(39-25)28(35)34-14-12-32(13-15-34)18-22-8-10-33(11-9-22)23-6-5-7-23;3-2(4,5)1(6)7/h16-17,22-23H,5-15,18-19H2,1-4H3;(H,6,7). The summed E-state index contributed by atoms with van der Waals surface area (Å²) in [5, 5.41) is 15.0. The van der Waals surface area contributed by atoms with Crippen LogP contribution in [0.1, 0.15) is 59.8 Å². The number of piperazine rings is 1. The number of rotatable bonds is 9. The van der Waals surface area contributed by atoms with E-state index >= 15 is 0 Å². The molecule has 3 aliphatic rings. The molecule has 0 radical (unpaired) electrons. The Morgan fingerprint density at radius 3 is 2.09 bits per heavy atom. The summed E-state index contributed by atoms with van der Waals surface area (Å²) in [5.41, 5.74) is 1.17. The zero-order chi connectivity index (χ0) is 34.5. The number of hydrogen-bond donors (Lipinski definition) is 1. The van der Waals surface area contributed by atoms with Crippen molar-refractivity contribution in [1.29, 1.82) is 0 Å². The second-order valence-electron chi connectivity index (χ2n) is 12.3. The summed E-state index contributed by atoms with van der Waals surface area (Å²) in [6.45, 7) is 9.76. The number of nitrogens with zero attached hydrogens (tertiary/aromatic N) is 6. The number of carbonyl (C=O) groups excluding carboxylic acids is 1. The molecule has 2 aliphatic heterocycles. The number of carboxylic acids is 1. The van der Waals surface area contributed by atoms with Crippen LogP contribution in [0.25, 0.3) is 0 Å². The predicted molar refractivity (Wildman–Crippen MR) is 163 cm³/mol. The quantitative estimate of drug-likeness (QED) is 0.414. The largest absolute Gasteiger partial charge is 0.497 e. The first-order valence-corrected chi connectivity index (χ1v) is 17.0. The van der Waals surface area contributed by atoms with Crippen LogP contribution in [-0.4, -0.2) is 127 Å². The van der Waals surface area contributed by atoms with Crippen LogP contribution in [0.15, 0.2) is 21.4 Å². The summed E-state index contributed by atoms with van der Waals surface area (Å²) in [6.07, 6.45) is 1.59. The van der Waals surface area contributed by atoms with E-state index in [0.717, 1.165) is 35.9 Å². The summed E-state index contributed by atoms with van der Waals surface area (Å²) in [7, 11) is -0.829. The number of methoxy groups -OCH3 is 1. The molecule has 1 aromatic heterocycles. The molecule has 13 nitrogen and oxygen atoms in total. The molecular formula is C30H43F3N6O7S. The molecule has 0 spiro atoms. The fourth-order valence-electron chi connectivity index (χ4n) is 6.16. The Labute approximate surface area is 272 Å². The van der Waals surface area contributed by atoms with Gasteiger partial charge >= 0.3 is 23.9 Å². The Hall–Kier alpha value is -3.28. The summed E-state index contributed by atoms with van der Waals surface area (Å²) < 4.78 is 70.4. The van der Waals surface area contributed by atoms with Crippen molar-refractivity contribution in [3.05, 3.63) is 35.0 Å². The Balaban J connectivity index is 0.000000644. The van der Waals surface area contributed by atoms with Gasteiger partial charge in [-0.2, -0.15) is 17.5 Å². The highest BCUT2D eigenvalue weighted by atomic mass is 32.2. The number of halogens is 3. The Morgan fingerprint density at radius 1 is 1.02 bits per heavy atom. The van der Waals surface area contributed by atoms with Crippen molar-refractivity contribution in [3.63, 3.8) is 0 Å². The van der Waals surface area contributed by atoms with Gasteiger partial charge in [-0.1, -0.05) is 6.42 Å². The fourth-order valence-corrected chi connectivity index (χ4v) is 7.68. The van der Waals surface area contributed by atoms with E-state index in [-0.39, 0.29) is 29.1 Å². The monoisotopic (exact) mass is 688 g/mol. The van der Waals surface area contributed by atoms with Crippen LogP contribution in [-0.2, 0) is 21.4 Å². The highest BCUT2D eigenvalue weighted by Gasteiger charge is 2.38. The lowest BCUT2D eigenvalue weighted by atomic mass is 9.87. The molecule has 1 aromatic carbocycles. The van der Waals surface area contributed by atoms with Gasteiger partial charge in [0.1, 0.15) is 5.75 Å². The van der Waals surface area contributed by atoms with Crippen molar-refractivity contribution in [3.8, 4) is 5.75 Å². The SMILES string of the molecule is COc1cc(C)c(S(=O)(=O)N(C)Cc2nnc(C(=O)N3CCN(CC4CCN(C5CCC5)CC4)CC3)o2)c(C)c1.O=C(O)C(F)(F)F. The molecular weight excluding hydrogens is 645 g/mol. The predicted octanol–water partition coefficient (Wildman–Crippen LogP) is 3.17. The highest BCUT2D eigenvalue weighted by Crippen LogP contribution is 2.30. The average Bonchev–Trinajstić information content (AvgIpc) is 3.45. The maximum atomic E-state index is 13.3. The summed E-state index contributed by atoms with van der Waals surface area (Å²) in [5.74, 6) is -1.76. The smallest absolute Gasteiger partial charge is 0.490 e. The van der Waals surface area contributed by atoms with Gasteiger partial charge in [-0.25, -0.2) is 13.2 Å². The number of carboxylic acid groups (broad SMARTS) is 1. The van der Waals surface area contributed by atoms with E-state index in [0.29, 0.717) is 30.0 Å². The second-order valence-corrected chi connectivity index (χ2v) is 14.3. The third kappa shape index (κ3) is 9.21. The topological polar surface area (TPSA) is 150 Å². The van der Waals surface area contributed by atoms with E-state index in [9.17, 15) is 26.4 Å². The molecule has 0 bridgehead atoms. The average molecular weight is 689 g/mol. The molecule has 1 aliphatic carbocycles. The van der Waals surface area contributed by atoms with Crippen LogP contribution < -0.4 is 4.74 Å². The maximum Gasteiger partial charge on any atom is 0.490 e. The molecule has 1 saturated carbocycles. The molecule has 3 fully saturated rings. The lowest BCUT2D eigenvalue weighted by Gasteiger charge is -2.43. The number of alkyl halides is 3. The number of aliphatic carboxylic acids is 1. The van der Waals surface area contributed by atoms with Gasteiger partial charge in [0.05, 0.1) is 18.6 Å². The van der Waals surface area contributed by atoms with Gasteiger partial charge in [0.2, 0.25) is 15.9 Å². The summed E-state index contributed by atoms with van der Waals surface area (Å²) >= 11 is 0. The number of hydrogen-bond acceptors (Lipinski definition) is 10. The zero-order valence-corrected chi connectivity index (χ0v) is 27.9. The summed E-state index contributed by atoms with van der Waals surface area (Å²) in [4.78, 5) is 29.1. The third-order valence-corrected chi connectivity index (χ3v) is 11.1. The van der Waals surface area contributed by atoms with Crippen molar-refractivity contribution < 1.29 is 45.4 Å². The molecule has 5 rings (SSSR count). The van der Waals surface area contributed by atoms with Crippen LogP contribution >= 0.6 is 0 Å². The highest BCUT2D eigenvalue weighted by molar-refractivity contribution is 7.89. The van der Waals surface area contributed by atoms with E-state index in [2.05, 4.69) is 20.0 Å². The van der Waals surface area contributed by atoms with Crippen LogP contribution in [0.3, 0.4) is 0 Å². The molecule has 2 saturated heterocycles. The molecule has 0 unspecified atom stereocenters. The lowest BCUT2D eigenvalue weighted by Crippen LogP contribution is -2.51. The first-order valence-electron chi connectivity index (χ1n) is 15.6. The number of piperidine rings is 1. The minimum Gasteiger partial charge on any atom is -0.497 e. The molecule has 262 valence electrons. The number of sulfonamides is 1. The van der Waals surface area contributed by atoms with Crippen molar-refractivity contribution >= 4 is 21.9 Å². The Bertz CT molecular complexity index is 1480. The third-order valence-electron chi connectivity index (χ3n) is 9.00. The number of amides is 1. The number of aryl methyl sites for hydroxylation is 2. The van der Waals surface area contributed by atoms with E-state index in [4.69, 9.17) is 19.1 Å². The van der Waals surface area contributed by atoms with Crippen molar-refractivity contribution in [2.45, 2.75) is 69.6 Å². The van der Waals surface area contributed by atoms with Gasteiger partial charge in [0, 0.05) is 45.8 Å². The summed E-state index contributed by atoms with van der Waals surface area (Å²) in [6, 6.07) is 4.22. The Kier molecular flexibility index (Phi) is 11.9. The van der Waals surface area contributed by atoms with E-state index in [1.165, 1.54) is 52.2 Å². The maximum absolute atomic E-state index is 13.3. The minimum absolute atomic E-state index is 0.0742. The van der Waals surface area contributed by atoms with Crippen LogP contribution in [0.4, 0.5) is 13.2 Å². The Morgan fingerprint density at radius 2 is 1.60 bits per heavy atom. The molecule has 2 aromatic rings. The first kappa shape index (κ1) is 36.6. The molecule has 0 atom stereocenters. The number of aromatic nitrogens is 2. The molecule has 17 heteroatoms. The van der Waals surface area contributed by atoms with Crippen molar-refractivity contribution in [1.82, 2.24) is 29.2 Å². The van der Waals surface area contributed by atoms with Crippen molar-refractivity contribution in [2.24, 2.45) is 5.92 Å². The fraction of sp³-hybridized carbons (Fsp3) is 0.667. The van der Waals surface area contributed by atoms with Gasteiger partial charge in [-0.05, 0) is 81.8 Å². The van der Waals surface area contributed by atoms with E-state index in [1.54, 1.807) is 38.0 Å². The first-order chi connectivity index (χ1) is 22.1. The van der Waals surface area contributed by atoms with E-state index in [1.807, 2.05) is 0 Å². The van der Waals surface area contributed by atoms with E-state index < -0.39 is 22.2 Å². The van der Waals surface area contributed by atoms with Gasteiger partial charge in [-0.3, -0.25) is 9.69 Å². The van der Waals surface area contributed by atoms with Crippen LogP contribution in [0.5, 0.6) is 5.75 Å². The lowest BCUT2D eigenvalue weighted by molar-refractivity contribution is -0.192. The molecule has 3 heterocycles. The molecule has 1 N–H and O–H groups in total. The number of carbonyl (C=O) groups is 2. The van der Waals surface area contributed by atoms with Crippen LogP contribution in [0.2, 0.25) is 0 Å². The van der Waals surface area contributed by atoms with Crippen LogP contribution in [0, 0.1) is 19.8 Å². The molecule has 1 amide bonds. The number of likely N-dealkylation sites (tertiary alicyclic amines) is 1. The second kappa shape index (κ2) is 15.3. The van der Waals surface area contributed by atoms with Gasteiger partial charge in [0.25, 0.3) is 0 Å². The molecule has 47 heavy (non-hydrogen) atoms. The normalized spacial score (nSPS) is 18.9. The van der Waals surface area contributed by atoms with Gasteiger partial charge < -0.3 is 24.1 Å². The zero-order valence-electron chi connectivity index (χ0n) is 27.1. The number of benzene rings is 1. The van der Waals surface area contributed by atoms with Gasteiger partial charge in [-0.15, -0.1) is 10.2 Å². The minimum atomic E-state index is -5.08. The number of ether oxygens (including phenoxy) is 1. The van der Waals surface area contributed by atoms with Crippen molar-refractivity contribution in [2.75, 3.05) is 60.0 Å². The van der Waals surface area contributed by atoms with Gasteiger partial charge in [0.15, 0.2) is 0 Å².